The lowest BCUT2D eigenvalue weighted by Gasteiger charge is -2.06. The fraction of sp³-hybridized carbons (Fsp3) is 0.900. The summed E-state index contributed by atoms with van der Waals surface area (Å²) in [7, 11) is 0. The van der Waals surface area contributed by atoms with Gasteiger partial charge in [-0.1, -0.05) is 20.8 Å². The Hall–Kier alpha value is -0.730. The van der Waals surface area contributed by atoms with Crippen LogP contribution in [0, 0.1) is 5.92 Å². The maximum atomic E-state index is 10.9. The van der Waals surface area contributed by atoms with E-state index < -0.39 is 0 Å². The molecule has 0 spiro atoms. The Kier molecular flexibility index (Phi) is 7.45. The molecule has 0 rings (SSSR count). The van der Waals surface area contributed by atoms with Crippen molar-refractivity contribution in [2.24, 2.45) is 5.92 Å². The van der Waals surface area contributed by atoms with Gasteiger partial charge in [0, 0.05) is 7.97 Å². The van der Waals surface area contributed by atoms with Crippen molar-refractivity contribution in [2.45, 2.75) is 40.0 Å². The van der Waals surface area contributed by atoms with Crippen LogP contribution >= 0.6 is 0 Å². The van der Waals surface area contributed by atoms with Gasteiger partial charge in [0.2, 0.25) is 0 Å². The van der Waals surface area contributed by atoms with E-state index in [1.54, 1.807) is 0 Å². The minimum Gasteiger partial charge on any atom is -0.450 e. The second kappa shape index (κ2) is 7.90. The molecule has 0 fully saturated rings. The summed E-state index contributed by atoms with van der Waals surface area (Å²) in [6.45, 7) is 7.57. The molecule has 0 saturated heterocycles. The Morgan fingerprint density at radius 1 is 1.54 bits per heavy atom. The first-order chi connectivity index (χ1) is 6.16. The number of hydrogen-bond acceptors (Lipinski definition) is 2. The number of amides is 1. The number of hydrogen-bond donors (Lipinski definition) is 1. The minimum atomic E-state index is -0.286. The normalized spacial score (nSPS) is 10.2. The third-order valence-electron chi connectivity index (χ3n) is 1.68. The highest BCUT2D eigenvalue weighted by molar-refractivity contribution is 5.66. The zero-order valence-corrected chi connectivity index (χ0v) is 8.93. The standard InChI is InChI=1S/C10H21NO2.H2/c1-4-7-11-10(12)13-8-5-6-9(2)3;/h9H,4-8H2,1-3H3,(H,11,12);1H. The van der Waals surface area contributed by atoms with Crippen LogP contribution in [0.5, 0.6) is 0 Å². The van der Waals surface area contributed by atoms with Crippen molar-refractivity contribution >= 4 is 6.09 Å². The Bertz CT molecular complexity index is 140. The molecule has 3 heteroatoms. The quantitative estimate of drug-likeness (QED) is 0.652. The van der Waals surface area contributed by atoms with Gasteiger partial charge in [-0.05, 0) is 25.2 Å². The molecule has 0 aromatic heterocycles. The van der Waals surface area contributed by atoms with Gasteiger partial charge >= 0.3 is 6.09 Å². The van der Waals surface area contributed by atoms with Gasteiger partial charge in [0.25, 0.3) is 0 Å². The average Bonchev–Trinajstić information content (AvgIpc) is 2.08. The number of alkyl carbamates (subject to hydrolysis) is 1. The molecule has 0 aromatic rings. The predicted molar refractivity (Wildman–Crippen MR) is 55.8 cm³/mol. The van der Waals surface area contributed by atoms with Gasteiger partial charge < -0.3 is 10.1 Å². The lowest BCUT2D eigenvalue weighted by atomic mass is 10.1. The van der Waals surface area contributed by atoms with Crippen LogP contribution in [-0.2, 0) is 4.74 Å². The van der Waals surface area contributed by atoms with Crippen LogP contribution in [0.4, 0.5) is 4.79 Å². The zero-order valence-electron chi connectivity index (χ0n) is 8.93. The first kappa shape index (κ1) is 12.3. The fourth-order valence-corrected chi connectivity index (χ4v) is 0.935. The molecule has 13 heavy (non-hydrogen) atoms. The molecule has 0 aliphatic heterocycles. The molecule has 0 aliphatic rings. The second-order valence-electron chi connectivity index (χ2n) is 3.60. The Balaban J connectivity index is 0. The van der Waals surface area contributed by atoms with Crippen molar-refractivity contribution in [2.75, 3.05) is 13.2 Å². The van der Waals surface area contributed by atoms with Crippen molar-refractivity contribution in [3.63, 3.8) is 0 Å². The van der Waals surface area contributed by atoms with Gasteiger partial charge in [-0.15, -0.1) is 0 Å². The maximum Gasteiger partial charge on any atom is 0.407 e. The number of ether oxygens (including phenoxy) is 1. The van der Waals surface area contributed by atoms with Gasteiger partial charge in [-0.25, -0.2) is 4.79 Å². The summed E-state index contributed by atoms with van der Waals surface area (Å²) in [5, 5.41) is 2.66. The Labute approximate surface area is 82.3 Å². The number of carbonyl (C=O) groups is 1. The van der Waals surface area contributed by atoms with E-state index in [9.17, 15) is 4.79 Å². The predicted octanol–water partition coefficient (Wildman–Crippen LogP) is 2.80. The molecule has 80 valence electrons. The SMILES string of the molecule is CCCNC(=O)OCCCC(C)C.[HH]. The summed E-state index contributed by atoms with van der Waals surface area (Å²) in [4.78, 5) is 10.9. The van der Waals surface area contributed by atoms with Crippen molar-refractivity contribution < 1.29 is 11.0 Å². The first-order valence-corrected chi connectivity index (χ1v) is 5.07. The largest absolute Gasteiger partial charge is 0.450 e. The Morgan fingerprint density at radius 3 is 2.77 bits per heavy atom. The topological polar surface area (TPSA) is 38.3 Å². The van der Waals surface area contributed by atoms with E-state index >= 15 is 0 Å². The smallest absolute Gasteiger partial charge is 0.407 e. The second-order valence-corrected chi connectivity index (χ2v) is 3.60. The van der Waals surface area contributed by atoms with E-state index in [1.807, 2.05) is 6.92 Å². The zero-order chi connectivity index (χ0) is 10.1. The van der Waals surface area contributed by atoms with Gasteiger partial charge in [0.15, 0.2) is 0 Å². The molecule has 0 aliphatic carbocycles. The van der Waals surface area contributed by atoms with Crippen LogP contribution in [0.3, 0.4) is 0 Å². The molecule has 0 aromatic carbocycles. The van der Waals surface area contributed by atoms with Crippen LogP contribution in [0.15, 0.2) is 0 Å². The van der Waals surface area contributed by atoms with E-state index in [1.165, 1.54) is 0 Å². The lowest BCUT2D eigenvalue weighted by Crippen LogP contribution is -2.25. The summed E-state index contributed by atoms with van der Waals surface area (Å²) in [5.74, 6) is 0.683. The molecule has 3 nitrogen and oxygen atoms in total. The van der Waals surface area contributed by atoms with E-state index in [-0.39, 0.29) is 7.52 Å². The number of rotatable bonds is 6. The van der Waals surface area contributed by atoms with E-state index in [0.29, 0.717) is 19.1 Å². The van der Waals surface area contributed by atoms with Crippen molar-refractivity contribution in [1.82, 2.24) is 5.32 Å². The molecule has 0 heterocycles. The van der Waals surface area contributed by atoms with Gasteiger partial charge in [-0.3, -0.25) is 0 Å². The Morgan fingerprint density at radius 2 is 2.23 bits per heavy atom. The highest BCUT2D eigenvalue weighted by Crippen LogP contribution is 2.02. The van der Waals surface area contributed by atoms with Crippen LogP contribution < -0.4 is 5.32 Å². The van der Waals surface area contributed by atoms with Gasteiger partial charge in [0.1, 0.15) is 0 Å². The molecule has 1 N–H and O–H groups in total. The molecule has 0 unspecified atom stereocenters. The summed E-state index contributed by atoms with van der Waals surface area (Å²) in [6, 6.07) is 0. The molecule has 0 atom stereocenters. The summed E-state index contributed by atoms with van der Waals surface area (Å²) in [6.07, 6.45) is 2.73. The minimum absolute atomic E-state index is 0. The van der Waals surface area contributed by atoms with E-state index in [4.69, 9.17) is 4.74 Å². The summed E-state index contributed by atoms with van der Waals surface area (Å²) in [5.41, 5.74) is 0. The van der Waals surface area contributed by atoms with Crippen molar-refractivity contribution in [1.29, 1.82) is 0 Å². The van der Waals surface area contributed by atoms with Gasteiger partial charge in [-0.2, -0.15) is 0 Å². The number of carbonyl (C=O) groups excluding carboxylic acids is 1. The molecular formula is C10H23NO2. The summed E-state index contributed by atoms with van der Waals surface area (Å²) < 4.78 is 4.94. The van der Waals surface area contributed by atoms with Crippen molar-refractivity contribution in [3.05, 3.63) is 0 Å². The van der Waals surface area contributed by atoms with Crippen LogP contribution in [-0.4, -0.2) is 19.2 Å². The molecular weight excluding hydrogens is 166 g/mol. The highest BCUT2D eigenvalue weighted by atomic mass is 16.5. The molecule has 0 bridgehead atoms. The van der Waals surface area contributed by atoms with Gasteiger partial charge in [0.05, 0.1) is 6.61 Å². The van der Waals surface area contributed by atoms with Crippen LogP contribution in [0.2, 0.25) is 0 Å². The third kappa shape index (κ3) is 9.18. The van der Waals surface area contributed by atoms with Crippen LogP contribution in [0.1, 0.15) is 41.5 Å². The molecule has 1 amide bonds. The average molecular weight is 189 g/mol. The van der Waals surface area contributed by atoms with E-state index in [2.05, 4.69) is 19.2 Å². The molecule has 0 saturated carbocycles. The monoisotopic (exact) mass is 189 g/mol. The van der Waals surface area contributed by atoms with Crippen LogP contribution in [0.25, 0.3) is 0 Å². The molecule has 0 radical (unpaired) electrons. The fourth-order valence-electron chi connectivity index (χ4n) is 0.935. The third-order valence-corrected chi connectivity index (χ3v) is 1.68. The lowest BCUT2D eigenvalue weighted by molar-refractivity contribution is 0.143. The maximum absolute atomic E-state index is 10.9. The van der Waals surface area contributed by atoms with Crippen molar-refractivity contribution in [3.8, 4) is 0 Å². The first-order valence-electron chi connectivity index (χ1n) is 5.07. The van der Waals surface area contributed by atoms with E-state index in [0.717, 1.165) is 19.3 Å². The summed E-state index contributed by atoms with van der Waals surface area (Å²) >= 11 is 0. The number of nitrogens with one attached hydrogen (secondary N) is 1. The highest BCUT2D eigenvalue weighted by Gasteiger charge is 1.99.